The number of hydrogen-bond acceptors (Lipinski definition) is 8. The molecule has 6 aromatic heterocycles. The van der Waals surface area contributed by atoms with E-state index in [1.165, 1.54) is 0 Å². The lowest BCUT2D eigenvalue weighted by Gasteiger charge is -2.02. The smallest absolute Gasteiger partial charge is 0.163 e. The van der Waals surface area contributed by atoms with Crippen molar-refractivity contribution in [3.63, 3.8) is 0 Å². The molecular formula is C24H32Br2N10. The number of nitrogen functional groups attached to an aromatic ring is 2. The molecule has 12 heteroatoms. The summed E-state index contributed by atoms with van der Waals surface area (Å²) in [6.45, 7) is 3.88. The number of pyridine rings is 4. The molecule has 0 radical (unpaired) electrons. The predicted molar refractivity (Wildman–Crippen MR) is 160 cm³/mol. The van der Waals surface area contributed by atoms with E-state index in [2.05, 4.69) is 61.8 Å². The van der Waals surface area contributed by atoms with Crippen molar-refractivity contribution in [1.29, 1.82) is 0 Å². The maximum Gasteiger partial charge on any atom is 0.163 e. The molecule has 10 nitrogen and oxygen atoms in total. The summed E-state index contributed by atoms with van der Waals surface area (Å²) < 4.78 is 4.00. The van der Waals surface area contributed by atoms with E-state index in [0.29, 0.717) is 17.3 Å². The van der Waals surface area contributed by atoms with Gasteiger partial charge in [-0.25, -0.2) is 24.9 Å². The van der Waals surface area contributed by atoms with Crippen molar-refractivity contribution in [2.75, 3.05) is 23.1 Å². The van der Waals surface area contributed by atoms with Crippen LogP contribution in [0.3, 0.4) is 0 Å². The maximum absolute atomic E-state index is 5.89. The molecule has 0 atom stereocenters. The number of imidazole rings is 2. The first-order valence-electron chi connectivity index (χ1n) is 10.8. The van der Waals surface area contributed by atoms with Gasteiger partial charge in [-0.2, -0.15) is 0 Å². The van der Waals surface area contributed by atoms with E-state index in [1.54, 1.807) is 12.4 Å². The van der Waals surface area contributed by atoms with Crippen molar-refractivity contribution in [3.05, 3.63) is 48.3 Å². The predicted octanol–water partition coefficient (Wildman–Crippen LogP) is 5.33. The zero-order valence-corrected chi connectivity index (χ0v) is 24.1. The van der Waals surface area contributed by atoms with Crippen LogP contribution in [0.25, 0.3) is 44.1 Å². The first-order valence-corrected chi connectivity index (χ1v) is 14.0. The summed E-state index contributed by atoms with van der Waals surface area (Å²) in [7, 11) is 3.93. The number of aryl methyl sites for hydroxylation is 4. The Bertz CT molecular complexity index is 1540. The third-order valence-corrected chi connectivity index (χ3v) is 5.64. The topological polar surface area (TPSA) is 139 Å². The van der Waals surface area contributed by atoms with Crippen LogP contribution in [-0.4, -0.2) is 50.7 Å². The largest absolute Gasteiger partial charge is 0.382 e. The summed E-state index contributed by atoms with van der Waals surface area (Å²) in [6.07, 6.45) is 3.46. The lowest BCUT2D eigenvalue weighted by molar-refractivity contribution is 0.887. The fraction of sp³-hybridized carbons (Fsp3) is 0.250. The Morgan fingerprint density at radius 1 is 0.694 bits per heavy atom. The Labute approximate surface area is 228 Å². The molecule has 4 N–H and O–H groups in total. The van der Waals surface area contributed by atoms with E-state index in [1.807, 2.05) is 73.0 Å². The Kier molecular flexibility index (Phi) is 8.75. The summed E-state index contributed by atoms with van der Waals surface area (Å²) >= 11 is 5.88. The lowest BCUT2D eigenvalue weighted by Crippen LogP contribution is -1.96. The van der Waals surface area contributed by atoms with Crippen LogP contribution in [0.1, 0.15) is 14.5 Å². The molecule has 6 heterocycles. The van der Waals surface area contributed by atoms with E-state index in [-0.39, 0.29) is 2.85 Å². The van der Waals surface area contributed by atoms with Crippen LogP contribution >= 0.6 is 31.9 Å². The summed E-state index contributed by atoms with van der Waals surface area (Å²) in [6, 6.07) is 7.63. The summed E-state index contributed by atoms with van der Waals surface area (Å²) in [5, 5.41) is 0.981. The zero-order valence-electron chi connectivity index (χ0n) is 21.0. The van der Waals surface area contributed by atoms with Gasteiger partial charge in [-0.1, -0.05) is 31.9 Å². The van der Waals surface area contributed by atoms with Crippen LogP contribution in [0.5, 0.6) is 0 Å². The van der Waals surface area contributed by atoms with Crippen molar-refractivity contribution >= 4 is 87.6 Å². The molecule has 0 saturated carbocycles. The normalized spacial score (nSPS) is 10.4. The molecule has 0 aliphatic carbocycles. The van der Waals surface area contributed by atoms with E-state index in [9.17, 15) is 0 Å². The molecule has 36 heavy (non-hydrogen) atoms. The highest BCUT2D eigenvalue weighted by Gasteiger charge is 2.14. The zero-order chi connectivity index (χ0) is 26.6. The van der Waals surface area contributed by atoms with Crippen molar-refractivity contribution in [2.45, 2.75) is 13.8 Å². The van der Waals surface area contributed by atoms with Crippen LogP contribution < -0.4 is 11.5 Å². The number of nitrogens with zero attached hydrogens (tertiary/aromatic N) is 8. The van der Waals surface area contributed by atoms with Crippen LogP contribution in [0, 0.1) is 13.8 Å². The van der Waals surface area contributed by atoms with Gasteiger partial charge in [0.2, 0.25) is 0 Å². The van der Waals surface area contributed by atoms with Gasteiger partial charge in [0.15, 0.2) is 17.3 Å². The van der Waals surface area contributed by atoms with E-state index in [4.69, 9.17) is 11.5 Å². The van der Waals surface area contributed by atoms with E-state index >= 15 is 0 Å². The fourth-order valence-electron chi connectivity index (χ4n) is 3.85. The Balaban J connectivity index is 0.000000321. The molecule has 0 unspecified atom stereocenters. The quantitative estimate of drug-likeness (QED) is 0.217. The summed E-state index contributed by atoms with van der Waals surface area (Å²) in [4.78, 5) is 25.9. The number of hydrogen-bond donors (Lipinski definition) is 2. The van der Waals surface area contributed by atoms with E-state index < -0.39 is 0 Å². The minimum atomic E-state index is 0. The third kappa shape index (κ3) is 4.82. The highest BCUT2D eigenvalue weighted by molar-refractivity contribution is 9.09. The van der Waals surface area contributed by atoms with Crippen molar-refractivity contribution in [1.82, 2.24) is 39.0 Å². The number of rotatable bonds is 0. The molecule has 192 valence electrons. The molecule has 6 aromatic rings. The van der Waals surface area contributed by atoms with Gasteiger partial charge in [0.1, 0.15) is 33.7 Å². The molecule has 0 aliphatic rings. The summed E-state index contributed by atoms with van der Waals surface area (Å²) in [5.41, 5.74) is 17.5. The molecule has 0 aromatic carbocycles. The van der Waals surface area contributed by atoms with Crippen molar-refractivity contribution in [3.8, 4) is 0 Å². The van der Waals surface area contributed by atoms with E-state index in [0.717, 1.165) is 50.1 Å². The molecule has 6 rings (SSSR count). The maximum atomic E-state index is 5.89. The van der Waals surface area contributed by atoms with Gasteiger partial charge < -0.3 is 20.6 Å². The highest BCUT2D eigenvalue weighted by atomic mass is 79.9. The van der Waals surface area contributed by atoms with Gasteiger partial charge in [-0.15, -0.1) is 0 Å². The van der Waals surface area contributed by atoms with Crippen LogP contribution in [0.4, 0.5) is 11.6 Å². The van der Waals surface area contributed by atoms with Crippen LogP contribution in [0.15, 0.2) is 36.7 Å². The molecule has 0 spiro atoms. The lowest BCUT2D eigenvalue weighted by atomic mass is 10.2. The standard InChI is InChI=1S/2C11H11N5.2CH3Br.2H2/c1-6-14-8-9(16(6)2)7-4-3-5-13-11(7)15-10(8)12;1-6-14-9-10(16(6)2)8-7(15-11(9)12)4-3-5-13-8;2*1-2;;/h3-5H,1-2H3,(H2,12,13,15);3-5H,1-2H3,(H2,12,15);2*1H3;2*1H/i;;;;2*1+1. The molecular weight excluding hydrogens is 588 g/mol. The minimum absolute atomic E-state index is 0. The molecule has 0 aliphatic heterocycles. The second kappa shape index (κ2) is 11.6. The van der Waals surface area contributed by atoms with Gasteiger partial charge >= 0.3 is 0 Å². The van der Waals surface area contributed by atoms with Gasteiger partial charge in [0.05, 0.1) is 11.0 Å². The van der Waals surface area contributed by atoms with Crippen LogP contribution in [-0.2, 0) is 14.1 Å². The Hall–Kier alpha value is -3.38. The van der Waals surface area contributed by atoms with Crippen LogP contribution in [0.2, 0.25) is 0 Å². The monoisotopic (exact) mass is 620 g/mol. The number of anilines is 2. The van der Waals surface area contributed by atoms with Gasteiger partial charge in [0.25, 0.3) is 0 Å². The molecule has 0 bridgehead atoms. The van der Waals surface area contributed by atoms with Crippen molar-refractivity contribution in [2.24, 2.45) is 14.1 Å². The number of alkyl halides is 2. The van der Waals surface area contributed by atoms with Gasteiger partial charge in [0, 0.05) is 34.7 Å². The second-order valence-corrected chi connectivity index (χ2v) is 7.57. The minimum Gasteiger partial charge on any atom is -0.382 e. The Morgan fingerprint density at radius 2 is 1.22 bits per heavy atom. The van der Waals surface area contributed by atoms with Gasteiger partial charge in [-0.3, -0.25) is 4.98 Å². The fourth-order valence-corrected chi connectivity index (χ4v) is 3.85. The second-order valence-electron chi connectivity index (χ2n) is 7.57. The summed E-state index contributed by atoms with van der Waals surface area (Å²) in [5.74, 6) is 6.34. The number of halogens is 2. The number of aromatic nitrogens is 8. The SMILES string of the molecule is CBr.CBr.Cc1nc2c(N)nc3cccnc3c2n1C.Cc1nc2c(N)nc3ncccc3c2n1C.[2HH].[2HH]. The Morgan fingerprint density at radius 3 is 1.89 bits per heavy atom. The highest BCUT2D eigenvalue weighted by Crippen LogP contribution is 2.27. The van der Waals surface area contributed by atoms with Gasteiger partial charge in [-0.05, 0) is 49.8 Å². The molecule has 0 saturated heterocycles. The average Bonchev–Trinajstić information content (AvgIpc) is 3.38. The van der Waals surface area contributed by atoms with Crippen molar-refractivity contribution < 1.29 is 2.85 Å². The molecule has 0 amide bonds. The number of nitrogens with two attached hydrogens (primary N) is 2. The molecule has 0 fully saturated rings. The number of fused-ring (bicyclic) bond motifs is 6. The third-order valence-electron chi connectivity index (χ3n) is 5.64. The average molecular weight is 622 g/mol. The first-order chi connectivity index (χ1) is 17.4. The first kappa shape index (κ1) is 27.2.